The molecule has 0 fully saturated rings. The Morgan fingerprint density at radius 3 is 2.58 bits per heavy atom. The minimum Gasteiger partial charge on any atom is -0.357 e. The zero-order chi connectivity index (χ0) is 16.5. The number of hydrogen-bond acceptors (Lipinski definition) is 4. The first kappa shape index (κ1) is 20.4. The van der Waals surface area contributed by atoms with Crippen LogP contribution in [-0.2, 0) is 19.5 Å². The maximum atomic E-state index is 8.81. The van der Waals surface area contributed by atoms with Gasteiger partial charge in [-0.1, -0.05) is 19.1 Å². The van der Waals surface area contributed by atoms with Gasteiger partial charge in [0.15, 0.2) is 5.96 Å². The van der Waals surface area contributed by atoms with Crippen LogP contribution in [0.3, 0.4) is 0 Å². The molecule has 1 aromatic heterocycles. The Hall–Kier alpha value is -1.66. The highest BCUT2D eigenvalue weighted by atomic mass is 127. The number of aryl methyl sites for hydroxylation is 1. The molecule has 0 aliphatic carbocycles. The van der Waals surface area contributed by atoms with E-state index in [9.17, 15) is 0 Å². The molecule has 0 bridgehead atoms. The van der Waals surface area contributed by atoms with Gasteiger partial charge >= 0.3 is 0 Å². The summed E-state index contributed by atoms with van der Waals surface area (Å²) in [5.41, 5.74) is 1.74. The molecule has 0 saturated heterocycles. The first-order valence-electron chi connectivity index (χ1n) is 7.70. The van der Waals surface area contributed by atoms with Crippen LogP contribution in [0.25, 0.3) is 0 Å². The zero-order valence-electron chi connectivity index (χ0n) is 13.9. The van der Waals surface area contributed by atoms with E-state index in [1.807, 2.05) is 37.4 Å². The molecule has 0 aliphatic heterocycles. The van der Waals surface area contributed by atoms with E-state index in [0.29, 0.717) is 18.7 Å². The number of hydrogen-bond donors (Lipinski definition) is 2. The summed E-state index contributed by atoms with van der Waals surface area (Å²) in [7, 11) is 0. The van der Waals surface area contributed by atoms with Crippen molar-refractivity contribution < 1.29 is 0 Å². The number of nitrogens with one attached hydrogen (secondary N) is 2. The lowest BCUT2D eigenvalue weighted by Crippen LogP contribution is -2.36. The Balaban J connectivity index is 0.00000288. The molecule has 2 rings (SSSR count). The number of halogens is 1. The van der Waals surface area contributed by atoms with Gasteiger partial charge in [-0.3, -0.25) is 0 Å². The molecule has 2 aromatic rings. The highest BCUT2D eigenvalue weighted by Crippen LogP contribution is 2.12. The molecule has 128 valence electrons. The molecule has 0 unspecified atom stereocenters. The lowest BCUT2D eigenvalue weighted by atomic mass is 10.1. The molecule has 0 spiro atoms. The molecule has 24 heavy (non-hydrogen) atoms. The van der Waals surface area contributed by atoms with Crippen LogP contribution in [0.15, 0.2) is 35.5 Å². The van der Waals surface area contributed by atoms with E-state index in [4.69, 9.17) is 5.26 Å². The lowest BCUT2D eigenvalue weighted by Gasteiger charge is -2.10. The van der Waals surface area contributed by atoms with Gasteiger partial charge in [0.2, 0.25) is 0 Å². The predicted molar refractivity (Wildman–Crippen MR) is 110 cm³/mol. The Bertz CT molecular complexity index is 688. The summed E-state index contributed by atoms with van der Waals surface area (Å²) in [6.07, 6.45) is 2.95. The second kappa shape index (κ2) is 11.0. The fourth-order valence-electron chi connectivity index (χ4n) is 1.95. The maximum Gasteiger partial charge on any atom is 0.191 e. The predicted octanol–water partition coefficient (Wildman–Crippen LogP) is 3.45. The number of guanidine groups is 1. The van der Waals surface area contributed by atoms with Crippen LogP contribution in [-0.4, -0.2) is 17.5 Å². The van der Waals surface area contributed by atoms with Crippen LogP contribution in [0.4, 0.5) is 0 Å². The van der Waals surface area contributed by atoms with Gasteiger partial charge in [0.25, 0.3) is 0 Å². The first-order chi connectivity index (χ1) is 11.2. The third-order valence-corrected chi connectivity index (χ3v) is 4.35. The molecule has 0 radical (unpaired) electrons. The number of aromatic nitrogens is 1. The van der Waals surface area contributed by atoms with Crippen molar-refractivity contribution in [1.82, 2.24) is 15.6 Å². The van der Waals surface area contributed by atoms with Gasteiger partial charge in [0, 0.05) is 17.6 Å². The SMILES string of the molecule is CCNC(=NCc1ccc(C#N)cc1)NCc1ncc(CC)s1.I. The number of aliphatic imine (C=N–C) groups is 1. The molecule has 7 heteroatoms. The summed E-state index contributed by atoms with van der Waals surface area (Å²) in [6, 6.07) is 9.60. The van der Waals surface area contributed by atoms with Crippen LogP contribution >= 0.6 is 35.3 Å². The molecule has 2 N–H and O–H groups in total. The molecule has 0 atom stereocenters. The highest BCUT2D eigenvalue weighted by Gasteiger charge is 2.03. The number of nitrogens with zero attached hydrogens (tertiary/aromatic N) is 3. The largest absolute Gasteiger partial charge is 0.357 e. The number of rotatable bonds is 6. The van der Waals surface area contributed by atoms with E-state index in [1.54, 1.807) is 11.3 Å². The van der Waals surface area contributed by atoms with Gasteiger partial charge in [-0.2, -0.15) is 5.26 Å². The van der Waals surface area contributed by atoms with E-state index < -0.39 is 0 Å². The Kier molecular flexibility index (Phi) is 9.34. The average Bonchev–Trinajstić information content (AvgIpc) is 3.06. The van der Waals surface area contributed by atoms with E-state index in [1.165, 1.54) is 4.88 Å². The first-order valence-corrected chi connectivity index (χ1v) is 8.51. The standard InChI is InChI=1S/C17H21N5S.HI/c1-3-15-11-20-16(23-15)12-22-17(19-4-2)21-10-14-7-5-13(9-18)6-8-14;/h5-8,11H,3-4,10,12H2,1-2H3,(H2,19,21,22);1H. The molecule has 0 amide bonds. The second-order valence-electron chi connectivity index (χ2n) is 4.93. The normalized spacial score (nSPS) is 10.6. The van der Waals surface area contributed by atoms with Crippen LogP contribution in [0.5, 0.6) is 0 Å². The topological polar surface area (TPSA) is 73.1 Å². The lowest BCUT2D eigenvalue weighted by molar-refractivity contribution is 0.811. The second-order valence-corrected chi connectivity index (χ2v) is 6.13. The fraction of sp³-hybridized carbons (Fsp3) is 0.353. The van der Waals surface area contributed by atoms with Crippen LogP contribution in [0.2, 0.25) is 0 Å². The molecule has 0 aliphatic rings. The summed E-state index contributed by atoms with van der Waals surface area (Å²) in [6.45, 7) is 6.21. The fourth-order valence-corrected chi connectivity index (χ4v) is 2.75. The third kappa shape index (κ3) is 6.45. The van der Waals surface area contributed by atoms with Crippen molar-refractivity contribution in [2.75, 3.05) is 6.54 Å². The number of thiazole rings is 1. The minimum absolute atomic E-state index is 0. The monoisotopic (exact) mass is 455 g/mol. The molecule has 1 heterocycles. The molecule has 5 nitrogen and oxygen atoms in total. The van der Waals surface area contributed by atoms with Crippen molar-refractivity contribution in [1.29, 1.82) is 5.26 Å². The van der Waals surface area contributed by atoms with Crippen molar-refractivity contribution in [2.24, 2.45) is 4.99 Å². The van der Waals surface area contributed by atoms with Gasteiger partial charge in [0.05, 0.1) is 24.7 Å². The Labute approximate surface area is 164 Å². The van der Waals surface area contributed by atoms with Gasteiger partial charge in [-0.05, 0) is 31.0 Å². The van der Waals surface area contributed by atoms with Crippen molar-refractivity contribution in [3.05, 3.63) is 51.5 Å². The number of benzene rings is 1. The number of nitriles is 1. The Morgan fingerprint density at radius 1 is 1.25 bits per heavy atom. The van der Waals surface area contributed by atoms with E-state index >= 15 is 0 Å². The molecular weight excluding hydrogens is 433 g/mol. The quantitative estimate of drug-likeness (QED) is 0.398. The summed E-state index contributed by atoms with van der Waals surface area (Å²) < 4.78 is 0. The summed E-state index contributed by atoms with van der Waals surface area (Å²) >= 11 is 1.72. The highest BCUT2D eigenvalue weighted by molar-refractivity contribution is 14.0. The molecule has 1 aromatic carbocycles. The van der Waals surface area contributed by atoms with Crippen molar-refractivity contribution in [3.63, 3.8) is 0 Å². The van der Waals surface area contributed by atoms with Gasteiger partial charge in [-0.15, -0.1) is 35.3 Å². The van der Waals surface area contributed by atoms with Gasteiger partial charge < -0.3 is 10.6 Å². The van der Waals surface area contributed by atoms with Crippen LogP contribution in [0.1, 0.15) is 34.9 Å². The van der Waals surface area contributed by atoms with E-state index in [-0.39, 0.29) is 24.0 Å². The molecule has 0 saturated carbocycles. The Morgan fingerprint density at radius 2 is 2.00 bits per heavy atom. The van der Waals surface area contributed by atoms with E-state index in [2.05, 4.69) is 33.6 Å². The average molecular weight is 455 g/mol. The van der Waals surface area contributed by atoms with Crippen molar-refractivity contribution in [2.45, 2.75) is 33.4 Å². The summed E-state index contributed by atoms with van der Waals surface area (Å²) in [4.78, 5) is 10.3. The molecular formula is C17H22IN5S. The van der Waals surface area contributed by atoms with Crippen LogP contribution < -0.4 is 10.6 Å². The minimum atomic E-state index is 0. The van der Waals surface area contributed by atoms with Crippen molar-refractivity contribution in [3.8, 4) is 6.07 Å². The third-order valence-electron chi connectivity index (χ3n) is 3.20. The van der Waals surface area contributed by atoms with Gasteiger partial charge in [-0.25, -0.2) is 9.98 Å². The smallest absolute Gasteiger partial charge is 0.191 e. The van der Waals surface area contributed by atoms with Crippen LogP contribution in [0, 0.1) is 11.3 Å². The van der Waals surface area contributed by atoms with E-state index in [0.717, 1.165) is 29.5 Å². The van der Waals surface area contributed by atoms with Crippen molar-refractivity contribution >= 4 is 41.3 Å². The maximum absolute atomic E-state index is 8.81. The zero-order valence-corrected chi connectivity index (χ0v) is 17.0. The van der Waals surface area contributed by atoms with Gasteiger partial charge in [0.1, 0.15) is 5.01 Å². The summed E-state index contributed by atoms with van der Waals surface area (Å²) in [5, 5.41) is 16.4. The summed E-state index contributed by atoms with van der Waals surface area (Å²) in [5.74, 6) is 0.769.